The minimum atomic E-state index is -0.0971. The average Bonchev–Trinajstić information content (AvgIpc) is 3.13. The summed E-state index contributed by atoms with van der Waals surface area (Å²) in [5.74, 6) is 3.67. The maximum absolute atomic E-state index is 14.0. The first-order valence-electron chi connectivity index (χ1n) is 8.34. The highest BCUT2D eigenvalue weighted by molar-refractivity contribution is 9.10. The Morgan fingerprint density at radius 3 is 2.86 bits per heavy atom. The largest absolute Gasteiger partial charge is 0.307 e. The summed E-state index contributed by atoms with van der Waals surface area (Å²) in [5.41, 5.74) is 0.787. The molecule has 2 bridgehead atoms. The van der Waals surface area contributed by atoms with E-state index in [1.165, 1.54) is 32.1 Å². The van der Waals surface area contributed by atoms with E-state index in [1.54, 1.807) is 12.1 Å². The first-order valence-corrected chi connectivity index (χ1v) is 9.14. The molecule has 3 aliphatic carbocycles. The Hall–Kier alpha value is -0.410. The van der Waals surface area contributed by atoms with Gasteiger partial charge in [-0.25, -0.2) is 4.39 Å². The lowest BCUT2D eigenvalue weighted by Gasteiger charge is -2.34. The Morgan fingerprint density at radius 2 is 2.00 bits per heavy atom. The molecule has 3 saturated carbocycles. The zero-order valence-electron chi connectivity index (χ0n) is 12.5. The van der Waals surface area contributed by atoms with Gasteiger partial charge >= 0.3 is 0 Å². The molecule has 3 heteroatoms. The molecule has 0 heterocycles. The summed E-state index contributed by atoms with van der Waals surface area (Å²) in [6.07, 6.45) is 7.06. The van der Waals surface area contributed by atoms with Crippen LogP contribution in [-0.4, -0.2) is 6.04 Å². The molecule has 0 saturated heterocycles. The molecule has 0 spiro atoms. The molecular weight excluding hydrogens is 329 g/mol. The van der Waals surface area contributed by atoms with Crippen molar-refractivity contribution < 1.29 is 4.39 Å². The van der Waals surface area contributed by atoms with Crippen molar-refractivity contribution in [3.63, 3.8) is 0 Å². The van der Waals surface area contributed by atoms with Gasteiger partial charge in [0, 0.05) is 22.1 Å². The Morgan fingerprint density at radius 1 is 1.19 bits per heavy atom. The minimum Gasteiger partial charge on any atom is -0.307 e. The van der Waals surface area contributed by atoms with E-state index in [4.69, 9.17) is 0 Å². The molecule has 0 aromatic heterocycles. The van der Waals surface area contributed by atoms with Crippen molar-refractivity contribution in [1.29, 1.82) is 0 Å². The van der Waals surface area contributed by atoms with Crippen LogP contribution in [0.2, 0.25) is 0 Å². The molecule has 6 atom stereocenters. The third-order valence-corrected chi connectivity index (χ3v) is 6.81. The molecule has 0 amide bonds. The van der Waals surface area contributed by atoms with Crippen molar-refractivity contribution in [2.75, 3.05) is 0 Å². The smallest absolute Gasteiger partial charge is 0.128 e. The first-order chi connectivity index (χ1) is 10.1. The Kier molecular flexibility index (Phi) is 3.61. The van der Waals surface area contributed by atoms with Gasteiger partial charge in [-0.15, -0.1) is 0 Å². The SMILES string of the molecule is CC(NC1CC2CC1C1CCCC21)c1cc(Br)ccc1F. The lowest BCUT2D eigenvalue weighted by atomic mass is 9.79. The topological polar surface area (TPSA) is 12.0 Å². The quantitative estimate of drug-likeness (QED) is 0.801. The molecule has 1 N–H and O–H groups in total. The highest BCUT2D eigenvalue weighted by Crippen LogP contribution is 2.58. The van der Waals surface area contributed by atoms with Crippen molar-refractivity contribution >= 4 is 15.9 Å². The van der Waals surface area contributed by atoms with E-state index in [2.05, 4.69) is 28.2 Å². The number of benzene rings is 1. The number of hydrogen-bond acceptors (Lipinski definition) is 1. The molecule has 1 aromatic carbocycles. The van der Waals surface area contributed by atoms with Crippen molar-refractivity contribution in [3.05, 3.63) is 34.1 Å². The Balaban J connectivity index is 1.48. The van der Waals surface area contributed by atoms with E-state index >= 15 is 0 Å². The van der Waals surface area contributed by atoms with Crippen molar-refractivity contribution in [2.24, 2.45) is 23.7 Å². The van der Waals surface area contributed by atoms with Crippen molar-refractivity contribution in [1.82, 2.24) is 5.32 Å². The molecule has 3 fully saturated rings. The fraction of sp³-hybridized carbons (Fsp3) is 0.667. The molecule has 3 aliphatic rings. The lowest BCUT2D eigenvalue weighted by molar-refractivity contribution is 0.199. The number of halogens is 2. The van der Waals surface area contributed by atoms with E-state index in [1.807, 2.05) is 6.07 Å². The van der Waals surface area contributed by atoms with Crippen LogP contribution in [0.25, 0.3) is 0 Å². The zero-order chi connectivity index (χ0) is 14.6. The maximum atomic E-state index is 14.0. The third-order valence-electron chi connectivity index (χ3n) is 6.32. The highest BCUT2D eigenvalue weighted by atomic mass is 79.9. The van der Waals surface area contributed by atoms with Gasteiger partial charge in [0.1, 0.15) is 5.82 Å². The van der Waals surface area contributed by atoms with Gasteiger partial charge in [0.2, 0.25) is 0 Å². The number of fused-ring (bicyclic) bond motifs is 5. The molecule has 6 unspecified atom stereocenters. The van der Waals surface area contributed by atoms with E-state index in [0.29, 0.717) is 6.04 Å². The second kappa shape index (κ2) is 5.34. The average molecular weight is 352 g/mol. The summed E-state index contributed by atoms with van der Waals surface area (Å²) in [6.45, 7) is 2.10. The van der Waals surface area contributed by atoms with Gasteiger partial charge in [-0.05, 0) is 74.5 Å². The minimum absolute atomic E-state index is 0.0895. The summed E-state index contributed by atoms with van der Waals surface area (Å²) in [4.78, 5) is 0. The molecule has 1 aromatic rings. The normalized spacial score (nSPS) is 38.7. The summed E-state index contributed by atoms with van der Waals surface area (Å²) in [6, 6.07) is 5.94. The molecule has 114 valence electrons. The first kappa shape index (κ1) is 14.2. The summed E-state index contributed by atoms with van der Waals surface area (Å²) in [5, 5.41) is 3.75. The predicted octanol–water partition coefficient (Wildman–Crippen LogP) is 5.06. The monoisotopic (exact) mass is 351 g/mol. The highest BCUT2D eigenvalue weighted by Gasteiger charge is 2.53. The lowest BCUT2D eigenvalue weighted by Crippen LogP contribution is -2.40. The molecule has 1 nitrogen and oxygen atoms in total. The van der Waals surface area contributed by atoms with Crippen LogP contribution in [-0.2, 0) is 0 Å². The molecule has 21 heavy (non-hydrogen) atoms. The van der Waals surface area contributed by atoms with Crippen LogP contribution in [0.3, 0.4) is 0 Å². The molecule has 0 radical (unpaired) electrons. The summed E-state index contributed by atoms with van der Waals surface area (Å²) < 4.78 is 15.0. The fourth-order valence-electron chi connectivity index (χ4n) is 5.52. The zero-order valence-corrected chi connectivity index (χ0v) is 14.1. The second-order valence-electron chi connectivity index (χ2n) is 7.31. The summed E-state index contributed by atoms with van der Waals surface area (Å²) >= 11 is 3.45. The fourth-order valence-corrected chi connectivity index (χ4v) is 5.90. The molecule has 4 rings (SSSR count). The Bertz CT molecular complexity index is 546. The van der Waals surface area contributed by atoms with Gasteiger partial charge < -0.3 is 5.32 Å². The van der Waals surface area contributed by atoms with Gasteiger partial charge in [0.15, 0.2) is 0 Å². The standard InChI is InChI=1S/C18H23BrFN/c1-10(15-9-12(19)5-6-17(15)20)21-18-8-11-7-16(18)14-4-2-3-13(11)14/h5-6,9-11,13-14,16,18,21H,2-4,7-8H2,1H3. The second-order valence-corrected chi connectivity index (χ2v) is 8.23. The van der Waals surface area contributed by atoms with E-state index in [-0.39, 0.29) is 11.9 Å². The van der Waals surface area contributed by atoms with Gasteiger partial charge in [0.25, 0.3) is 0 Å². The van der Waals surface area contributed by atoms with E-state index < -0.39 is 0 Å². The van der Waals surface area contributed by atoms with Crippen LogP contribution in [0.4, 0.5) is 4.39 Å². The van der Waals surface area contributed by atoms with Crippen molar-refractivity contribution in [3.8, 4) is 0 Å². The van der Waals surface area contributed by atoms with E-state index in [9.17, 15) is 4.39 Å². The van der Waals surface area contributed by atoms with Gasteiger partial charge in [-0.3, -0.25) is 0 Å². The molecule has 0 aliphatic heterocycles. The number of rotatable bonds is 3. The van der Waals surface area contributed by atoms with Crippen LogP contribution in [0.5, 0.6) is 0 Å². The maximum Gasteiger partial charge on any atom is 0.128 e. The van der Waals surface area contributed by atoms with Gasteiger partial charge in [-0.2, -0.15) is 0 Å². The van der Waals surface area contributed by atoms with Gasteiger partial charge in [-0.1, -0.05) is 22.4 Å². The Labute approximate surface area is 134 Å². The van der Waals surface area contributed by atoms with Gasteiger partial charge in [0.05, 0.1) is 0 Å². The summed E-state index contributed by atoms with van der Waals surface area (Å²) in [7, 11) is 0. The van der Waals surface area contributed by atoms with Crippen LogP contribution in [0, 0.1) is 29.5 Å². The number of hydrogen-bond donors (Lipinski definition) is 1. The number of nitrogens with one attached hydrogen (secondary N) is 1. The predicted molar refractivity (Wildman–Crippen MR) is 86.5 cm³/mol. The third kappa shape index (κ3) is 2.37. The van der Waals surface area contributed by atoms with Crippen LogP contribution >= 0.6 is 15.9 Å². The van der Waals surface area contributed by atoms with Crippen LogP contribution < -0.4 is 5.32 Å². The van der Waals surface area contributed by atoms with Crippen LogP contribution in [0.15, 0.2) is 22.7 Å². The molecular formula is C18H23BrFN. The van der Waals surface area contributed by atoms with E-state index in [0.717, 1.165) is 33.7 Å². The van der Waals surface area contributed by atoms with Crippen LogP contribution in [0.1, 0.15) is 50.6 Å². The van der Waals surface area contributed by atoms with Crippen molar-refractivity contribution in [2.45, 2.75) is 51.1 Å².